The van der Waals surface area contributed by atoms with Crippen molar-refractivity contribution in [3.8, 4) is 0 Å². The molecule has 0 bridgehead atoms. The van der Waals surface area contributed by atoms with E-state index in [0.29, 0.717) is 0 Å². The van der Waals surface area contributed by atoms with Crippen LogP contribution in [-0.2, 0) is 0 Å². The van der Waals surface area contributed by atoms with Crippen LogP contribution in [0.25, 0.3) is 0 Å². The molecule has 0 radical (unpaired) electrons. The third-order valence-corrected chi connectivity index (χ3v) is 8.43. The van der Waals surface area contributed by atoms with Crippen molar-refractivity contribution in [2.24, 2.45) is 47.3 Å². The molecule has 5 rings (SSSR count). The average Bonchev–Trinajstić information content (AvgIpc) is 2.78. The van der Waals surface area contributed by atoms with Gasteiger partial charge in [0, 0.05) is 0 Å². The zero-order valence-corrected chi connectivity index (χ0v) is 12.4. The van der Waals surface area contributed by atoms with Crippen molar-refractivity contribution in [3.63, 3.8) is 0 Å². The van der Waals surface area contributed by atoms with Crippen LogP contribution in [0.5, 0.6) is 0 Å². The maximum absolute atomic E-state index is 1.65. The van der Waals surface area contributed by atoms with E-state index in [1.54, 1.807) is 70.6 Å². The predicted octanol–water partition coefficient (Wildman–Crippen LogP) is 5.28. The standard InChI is InChI=1S/C19H30/c1-2-4-15-12(3-1)5-10-18(15)19-16-8-6-13(16)11-14-7-9-17(14)19/h12-19H,1-11H2. The van der Waals surface area contributed by atoms with E-state index in [1.165, 1.54) is 41.4 Å². The number of rotatable bonds is 1. The molecule has 5 aliphatic rings. The van der Waals surface area contributed by atoms with E-state index in [1.807, 2.05) is 0 Å². The average molecular weight is 258 g/mol. The molecule has 7 unspecified atom stereocenters. The summed E-state index contributed by atoms with van der Waals surface area (Å²) < 4.78 is 0. The van der Waals surface area contributed by atoms with Gasteiger partial charge >= 0.3 is 0 Å². The molecular formula is C19H30. The van der Waals surface area contributed by atoms with Gasteiger partial charge in [-0.25, -0.2) is 0 Å². The molecule has 0 aromatic heterocycles. The topological polar surface area (TPSA) is 0 Å². The first-order valence-corrected chi connectivity index (χ1v) is 9.42. The highest BCUT2D eigenvalue weighted by Gasteiger charge is 2.56. The fraction of sp³-hybridized carbons (Fsp3) is 1.00. The largest absolute Gasteiger partial charge is 0.0530 e. The highest BCUT2D eigenvalue weighted by molar-refractivity contribution is 5.05. The van der Waals surface area contributed by atoms with E-state index in [0.717, 1.165) is 5.92 Å². The second-order valence-electron chi connectivity index (χ2n) is 8.77. The van der Waals surface area contributed by atoms with Crippen LogP contribution in [0.2, 0.25) is 0 Å². The highest BCUT2D eigenvalue weighted by Crippen LogP contribution is 2.64. The van der Waals surface area contributed by atoms with E-state index < -0.39 is 0 Å². The Balaban J connectivity index is 1.41. The Morgan fingerprint density at radius 1 is 0.421 bits per heavy atom. The summed E-state index contributed by atoms with van der Waals surface area (Å²) >= 11 is 0. The molecule has 5 saturated carbocycles. The fourth-order valence-electron chi connectivity index (χ4n) is 7.39. The summed E-state index contributed by atoms with van der Waals surface area (Å²) in [6, 6.07) is 0. The summed E-state index contributed by atoms with van der Waals surface area (Å²) in [4.78, 5) is 0. The van der Waals surface area contributed by atoms with Crippen LogP contribution < -0.4 is 0 Å². The smallest absolute Gasteiger partial charge is 0.0321 e. The first kappa shape index (κ1) is 11.6. The Labute approximate surface area is 118 Å². The highest BCUT2D eigenvalue weighted by atomic mass is 14.6. The Morgan fingerprint density at radius 2 is 1.05 bits per heavy atom. The molecule has 106 valence electrons. The molecule has 0 heteroatoms. The number of fused-ring (bicyclic) bond motifs is 3. The van der Waals surface area contributed by atoms with Crippen molar-refractivity contribution < 1.29 is 0 Å². The van der Waals surface area contributed by atoms with Crippen LogP contribution in [0.1, 0.15) is 70.6 Å². The molecule has 19 heavy (non-hydrogen) atoms. The van der Waals surface area contributed by atoms with E-state index >= 15 is 0 Å². The SMILES string of the molecule is C1CCC2C(C1)CCC2C1C2CCC2CC2CCC21. The first-order valence-electron chi connectivity index (χ1n) is 9.42. The Hall–Kier alpha value is 0. The summed E-state index contributed by atoms with van der Waals surface area (Å²) in [5.41, 5.74) is 0. The van der Waals surface area contributed by atoms with Crippen molar-refractivity contribution in [2.45, 2.75) is 70.6 Å². The second-order valence-corrected chi connectivity index (χ2v) is 8.77. The zero-order chi connectivity index (χ0) is 12.4. The molecule has 0 N–H and O–H groups in total. The normalized spacial score (nSPS) is 59.4. The third-order valence-electron chi connectivity index (χ3n) is 8.43. The lowest BCUT2D eigenvalue weighted by Gasteiger charge is -2.60. The minimum atomic E-state index is 1.16. The van der Waals surface area contributed by atoms with Gasteiger partial charge in [-0.15, -0.1) is 0 Å². The van der Waals surface area contributed by atoms with Crippen molar-refractivity contribution in [2.75, 3.05) is 0 Å². The van der Waals surface area contributed by atoms with Crippen LogP contribution in [0.15, 0.2) is 0 Å². The van der Waals surface area contributed by atoms with Crippen molar-refractivity contribution in [1.29, 1.82) is 0 Å². The van der Waals surface area contributed by atoms with E-state index in [4.69, 9.17) is 0 Å². The molecule has 0 aliphatic heterocycles. The van der Waals surface area contributed by atoms with Crippen LogP contribution in [0.3, 0.4) is 0 Å². The van der Waals surface area contributed by atoms with Crippen LogP contribution in [0.4, 0.5) is 0 Å². The molecule has 0 aromatic rings. The van der Waals surface area contributed by atoms with Crippen molar-refractivity contribution in [3.05, 3.63) is 0 Å². The molecular weight excluding hydrogens is 228 g/mol. The Kier molecular flexibility index (Phi) is 2.60. The summed E-state index contributed by atoms with van der Waals surface area (Å²) in [7, 11) is 0. The van der Waals surface area contributed by atoms with Gasteiger partial charge in [0.05, 0.1) is 0 Å². The summed E-state index contributed by atoms with van der Waals surface area (Å²) in [5, 5.41) is 0. The Bertz CT molecular complexity index is 341. The van der Waals surface area contributed by atoms with Gasteiger partial charge in [-0.2, -0.15) is 0 Å². The van der Waals surface area contributed by atoms with Gasteiger partial charge in [0.1, 0.15) is 0 Å². The maximum Gasteiger partial charge on any atom is -0.0321 e. The lowest BCUT2D eigenvalue weighted by molar-refractivity contribution is -0.108. The van der Waals surface area contributed by atoms with Gasteiger partial charge in [-0.05, 0) is 98.7 Å². The molecule has 0 spiro atoms. The first-order chi connectivity index (χ1) is 9.42. The number of hydrogen-bond acceptors (Lipinski definition) is 0. The van der Waals surface area contributed by atoms with E-state index in [-0.39, 0.29) is 0 Å². The second kappa shape index (κ2) is 4.25. The molecule has 5 fully saturated rings. The van der Waals surface area contributed by atoms with Crippen molar-refractivity contribution >= 4 is 0 Å². The third kappa shape index (κ3) is 1.58. The van der Waals surface area contributed by atoms with Crippen LogP contribution >= 0.6 is 0 Å². The van der Waals surface area contributed by atoms with Gasteiger partial charge in [-0.3, -0.25) is 0 Å². The lowest BCUT2D eigenvalue weighted by atomic mass is 9.45. The fourth-order valence-corrected chi connectivity index (χ4v) is 7.39. The van der Waals surface area contributed by atoms with Crippen molar-refractivity contribution in [1.82, 2.24) is 0 Å². The molecule has 5 aliphatic carbocycles. The van der Waals surface area contributed by atoms with Gasteiger partial charge in [-0.1, -0.05) is 19.3 Å². The van der Waals surface area contributed by atoms with E-state index in [2.05, 4.69) is 0 Å². The predicted molar refractivity (Wildman–Crippen MR) is 78.7 cm³/mol. The zero-order valence-electron chi connectivity index (χ0n) is 12.4. The van der Waals surface area contributed by atoms with Gasteiger partial charge in [0.25, 0.3) is 0 Å². The maximum atomic E-state index is 1.65. The Morgan fingerprint density at radius 3 is 1.74 bits per heavy atom. The van der Waals surface area contributed by atoms with Crippen LogP contribution in [0, 0.1) is 47.3 Å². The quantitative estimate of drug-likeness (QED) is 0.600. The molecule has 0 saturated heterocycles. The monoisotopic (exact) mass is 258 g/mol. The lowest BCUT2D eigenvalue weighted by Crippen LogP contribution is -2.52. The number of hydrogen-bond donors (Lipinski definition) is 0. The summed E-state index contributed by atoms with van der Waals surface area (Å²) in [6.45, 7) is 0. The minimum absolute atomic E-state index is 1.16. The molecule has 0 aromatic carbocycles. The van der Waals surface area contributed by atoms with Gasteiger partial charge in [0.2, 0.25) is 0 Å². The molecule has 0 amide bonds. The van der Waals surface area contributed by atoms with Gasteiger partial charge in [0.15, 0.2) is 0 Å². The molecule has 7 atom stereocenters. The summed E-state index contributed by atoms with van der Waals surface area (Å²) in [6.07, 6.45) is 17.6. The minimum Gasteiger partial charge on any atom is -0.0530 e. The van der Waals surface area contributed by atoms with Gasteiger partial charge < -0.3 is 0 Å². The van der Waals surface area contributed by atoms with Crippen LogP contribution in [-0.4, -0.2) is 0 Å². The molecule has 0 nitrogen and oxygen atoms in total. The molecule has 0 heterocycles. The van der Waals surface area contributed by atoms with E-state index in [9.17, 15) is 0 Å². The summed E-state index contributed by atoms with van der Waals surface area (Å²) in [5.74, 6) is 9.52.